The molecule has 1 aliphatic heterocycles. The molecule has 5 rings (SSSR count). The number of nitrogen functional groups attached to an aromatic ring is 1. The smallest absolute Gasteiger partial charge is 0.251 e. The highest BCUT2D eigenvalue weighted by molar-refractivity contribution is 7.89. The third-order valence-electron chi connectivity index (χ3n) is 6.34. The van der Waals surface area contributed by atoms with Crippen molar-refractivity contribution < 1.29 is 13.2 Å². The summed E-state index contributed by atoms with van der Waals surface area (Å²) in [4.78, 5) is 21.3. The second-order valence-corrected chi connectivity index (χ2v) is 10.6. The summed E-state index contributed by atoms with van der Waals surface area (Å²) in [5.74, 6) is 1.00. The van der Waals surface area contributed by atoms with Crippen molar-refractivity contribution in [3.05, 3.63) is 59.8 Å². The molecule has 0 saturated heterocycles. The largest absolute Gasteiger partial charge is 0.382 e. The Kier molecular flexibility index (Phi) is 6.05. The van der Waals surface area contributed by atoms with E-state index >= 15 is 0 Å². The van der Waals surface area contributed by atoms with E-state index in [2.05, 4.69) is 15.0 Å². The van der Waals surface area contributed by atoms with Gasteiger partial charge in [-0.05, 0) is 55.0 Å². The van der Waals surface area contributed by atoms with Crippen molar-refractivity contribution in [2.45, 2.75) is 37.0 Å². The standard InChI is InChI=1S/C25H27N5O3S/c26-24-23(19-7-10-21-18(14-19)11-13-27-25(21)31)30-22(15-28-24)17-5-8-20(9-6-17)34(32,33)29-12-1-2-16-3-4-16/h5-10,14-16,29H,1-4,11-13H2,(H2,26,28)(H,27,31). The molecule has 1 amide bonds. The van der Waals surface area contributed by atoms with E-state index < -0.39 is 10.0 Å². The van der Waals surface area contributed by atoms with E-state index in [9.17, 15) is 13.2 Å². The zero-order chi connectivity index (χ0) is 23.7. The van der Waals surface area contributed by atoms with Crippen LogP contribution in [0.4, 0.5) is 5.82 Å². The third kappa shape index (κ3) is 4.80. The summed E-state index contributed by atoms with van der Waals surface area (Å²) in [5.41, 5.74) is 10.4. The van der Waals surface area contributed by atoms with Crippen LogP contribution in [0.3, 0.4) is 0 Å². The Bertz CT molecular complexity index is 1340. The van der Waals surface area contributed by atoms with E-state index in [1.807, 2.05) is 12.1 Å². The number of carbonyl (C=O) groups excluding carboxylic acids is 1. The first kappa shape index (κ1) is 22.5. The predicted octanol–water partition coefficient (Wildman–Crippen LogP) is 3.15. The Morgan fingerprint density at radius 2 is 1.85 bits per heavy atom. The highest BCUT2D eigenvalue weighted by Gasteiger charge is 2.21. The molecular formula is C25H27N5O3S. The monoisotopic (exact) mass is 477 g/mol. The molecule has 2 heterocycles. The number of anilines is 1. The Labute approximate surface area is 199 Å². The van der Waals surface area contributed by atoms with Crippen molar-refractivity contribution in [1.29, 1.82) is 0 Å². The molecule has 2 aromatic carbocycles. The maximum Gasteiger partial charge on any atom is 0.251 e. The van der Waals surface area contributed by atoms with Crippen LogP contribution in [0, 0.1) is 5.92 Å². The van der Waals surface area contributed by atoms with Crippen LogP contribution in [-0.2, 0) is 16.4 Å². The number of aromatic nitrogens is 2. The lowest BCUT2D eigenvalue weighted by Gasteiger charge is -2.17. The van der Waals surface area contributed by atoms with Crippen LogP contribution in [0.5, 0.6) is 0 Å². The van der Waals surface area contributed by atoms with Gasteiger partial charge >= 0.3 is 0 Å². The molecule has 1 aromatic heterocycles. The number of sulfonamides is 1. The summed E-state index contributed by atoms with van der Waals surface area (Å²) < 4.78 is 27.8. The van der Waals surface area contributed by atoms with Crippen molar-refractivity contribution in [2.75, 3.05) is 18.8 Å². The topological polar surface area (TPSA) is 127 Å². The van der Waals surface area contributed by atoms with Gasteiger partial charge in [-0.1, -0.05) is 31.0 Å². The van der Waals surface area contributed by atoms with Gasteiger partial charge in [-0.3, -0.25) is 4.79 Å². The normalized spacial score (nSPS) is 15.6. The van der Waals surface area contributed by atoms with E-state index in [1.54, 1.807) is 36.5 Å². The van der Waals surface area contributed by atoms with Crippen LogP contribution in [0.2, 0.25) is 0 Å². The maximum atomic E-state index is 12.6. The predicted molar refractivity (Wildman–Crippen MR) is 131 cm³/mol. The van der Waals surface area contributed by atoms with Crippen molar-refractivity contribution in [3.8, 4) is 22.5 Å². The van der Waals surface area contributed by atoms with Crippen molar-refractivity contribution >= 4 is 21.7 Å². The quantitative estimate of drug-likeness (QED) is 0.428. The first-order valence-corrected chi connectivity index (χ1v) is 13.0. The minimum Gasteiger partial charge on any atom is -0.382 e. The molecule has 1 saturated carbocycles. The van der Waals surface area contributed by atoms with E-state index in [-0.39, 0.29) is 10.8 Å². The van der Waals surface area contributed by atoms with Gasteiger partial charge in [0.2, 0.25) is 10.0 Å². The first-order valence-electron chi connectivity index (χ1n) is 11.5. The van der Waals surface area contributed by atoms with Crippen molar-refractivity contribution in [1.82, 2.24) is 20.0 Å². The lowest BCUT2D eigenvalue weighted by atomic mass is 9.96. The third-order valence-corrected chi connectivity index (χ3v) is 7.82. The summed E-state index contributed by atoms with van der Waals surface area (Å²) in [6.45, 7) is 1.05. The SMILES string of the molecule is Nc1ncc(-c2ccc(S(=O)(=O)NCCCC3CC3)cc2)nc1-c1ccc2c(c1)CCNC2=O. The molecule has 176 valence electrons. The molecule has 2 aliphatic rings. The van der Waals surface area contributed by atoms with Gasteiger partial charge in [-0.2, -0.15) is 0 Å². The van der Waals surface area contributed by atoms with Crippen LogP contribution in [-0.4, -0.2) is 37.4 Å². The number of nitrogens with zero attached hydrogens (tertiary/aromatic N) is 2. The number of hydrogen-bond donors (Lipinski definition) is 3. The van der Waals surface area contributed by atoms with Crippen LogP contribution in [0.15, 0.2) is 53.6 Å². The zero-order valence-corrected chi connectivity index (χ0v) is 19.6. The molecule has 0 radical (unpaired) electrons. The van der Waals surface area contributed by atoms with E-state index in [4.69, 9.17) is 10.7 Å². The molecule has 4 N–H and O–H groups in total. The second kappa shape index (κ2) is 9.15. The summed E-state index contributed by atoms with van der Waals surface area (Å²) in [6.07, 6.45) is 6.80. The first-order chi connectivity index (χ1) is 16.4. The molecule has 0 unspecified atom stereocenters. The summed E-state index contributed by atoms with van der Waals surface area (Å²) >= 11 is 0. The fraction of sp³-hybridized carbons (Fsp3) is 0.320. The Balaban J connectivity index is 1.35. The van der Waals surface area contributed by atoms with Gasteiger partial charge in [0.15, 0.2) is 0 Å². The van der Waals surface area contributed by atoms with E-state index in [1.165, 1.54) is 12.8 Å². The van der Waals surface area contributed by atoms with Gasteiger partial charge < -0.3 is 11.1 Å². The molecule has 3 aromatic rings. The summed E-state index contributed by atoms with van der Waals surface area (Å²) in [7, 11) is -3.55. The second-order valence-electron chi connectivity index (χ2n) is 8.87. The number of fused-ring (bicyclic) bond motifs is 1. The number of hydrogen-bond acceptors (Lipinski definition) is 6. The lowest BCUT2D eigenvalue weighted by molar-refractivity contribution is 0.0946. The fourth-order valence-electron chi connectivity index (χ4n) is 4.22. The van der Waals surface area contributed by atoms with Gasteiger partial charge in [0.05, 0.1) is 16.8 Å². The molecule has 8 nitrogen and oxygen atoms in total. The molecule has 34 heavy (non-hydrogen) atoms. The number of amides is 1. The van der Waals surface area contributed by atoms with Gasteiger partial charge in [0.25, 0.3) is 5.91 Å². The fourth-order valence-corrected chi connectivity index (χ4v) is 5.29. The van der Waals surface area contributed by atoms with Crippen LogP contribution in [0.1, 0.15) is 41.6 Å². The van der Waals surface area contributed by atoms with Crippen molar-refractivity contribution in [3.63, 3.8) is 0 Å². The number of nitrogens with two attached hydrogens (primary N) is 1. The van der Waals surface area contributed by atoms with Gasteiger partial charge in [0.1, 0.15) is 11.5 Å². The number of nitrogens with one attached hydrogen (secondary N) is 2. The van der Waals surface area contributed by atoms with E-state index in [0.29, 0.717) is 35.9 Å². The number of rotatable bonds is 8. The minimum atomic E-state index is -3.55. The number of benzene rings is 2. The molecule has 9 heteroatoms. The minimum absolute atomic E-state index is 0.0759. The molecular weight excluding hydrogens is 450 g/mol. The van der Waals surface area contributed by atoms with Gasteiger partial charge in [-0.15, -0.1) is 0 Å². The molecule has 1 fully saturated rings. The molecule has 0 atom stereocenters. The van der Waals surface area contributed by atoms with Crippen LogP contribution >= 0.6 is 0 Å². The average Bonchev–Trinajstić information content (AvgIpc) is 3.67. The van der Waals surface area contributed by atoms with Crippen LogP contribution < -0.4 is 15.8 Å². The number of carbonyl (C=O) groups is 1. The van der Waals surface area contributed by atoms with E-state index in [0.717, 1.165) is 41.9 Å². The maximum absolute atomic E-state index is 12.6. The Hall–Kier alpha value is -3.30. The highest BCUT2D eigenvalue weighted by Crippen LogP contribution is 2.33. The van der Waals surface area contributed by atoms with Gasteiger partial charge in [0, 0.05) is 29.8 Å². The zero-order valence-electron chi connectivity index (χ0n) is 18.8. The summed E-state index contributed by atoms with van der Waals surface area (Å²) in [6, 6.07) is 12.1. The molecule has 0 spiro atoms. The Morgan fingerprint density at radius 1 is 1.09 bits per heavy atom. The van der Waals surface area contributed by atoms with Crippen LogP contribution in [0.25, 0.3) is 22.5 Å². The van der Waals surface area contributed by atoms with Crippen molar-refractivity contribution in [2.24, 2.45) is 5.92 Å². The lowest BCUT2D eigenvalue weighted by Crippen LogP contribution is -2.31. The molecule has 1 aliphatic carbocycles. The average molecular weight is 478 g/mol. The molecule has 0 bridgehead atoms. The summed E-state index contributed by atoms with van der Waals surface area (Å²) in [5, 5.41) is 2.84. The van der Waals surface area contributed by atoms with Gasteiger partial charge in [-0.25, -0.2) is 23.1 Å². The highest BCUT2D eigenvalue weighted by atomic mass is 32.2. The Morgan fingerprint density at radius 3 is 2.62 bits per heavy atom.